The molecule has 2 aliphatic rings. The number of carboxylic acids is 1. The standard InChI is InChI=1S/C16H22N6O5S/c1-28(7-2-8(16(25)26)18-3-7)4-9-11(23)12(24)15(27-9)22-6-21-10-13(17)19-5-20-14(10)22/h5-9,11-12,15,18,23-24H,2-4H2,1H3,(H2-,17,19,20,25,26)/p+1/t7?,8-,9+,11+,12+,15+,28?/m0/s1. The predicted molar refractivity (Wildman–Crippen MR) is 102 cm³/mol. The number of aliphatic hydroxyl groups excluding tert-OH is 2. The van der Waals surface area contributed by atoms with Crippen LogP contribution in [0.4, 0.5) is 5.82 Å². The third kappa shape index (κ3) is 3.31. The Morgan fingerprint density at radius 3 is 2.89 bits per heavy atom. The summed E-state index contributed by atoms with van der Waals surface area (Å²) in [5.41, 5.74) is 6.63. The predicted octanol–water partition coefficient (Wildman–Crippen LogP) is -1.91. The molecule has 2 saturated heterocycles. The van der Waals surface area contributed by atoms with Gasteiger partial charge in [-0.2, -0.15) is 0 Å². The molecule has 0 radical (unpaired) electrons. The van der Waals surface area contributed by atoms with Crippen molar-refractivity contribution in [2.75, 3.05) is 24.3 Å². The van der Waals surface area contributed by atoms with Crippen LogP contribution in [0, 0.1) is 0 Å². The number of nitrogens with one attached hydrogen (secondary N) is 1. The molecular weight excluding hydrogens is 388 g/mol. The van der Waals surface area contributed by atoms with Crippen molar-refractivity contribution >= 4 is 33.8 Å². The molecule has 152 valence electrons. The molecule has 28 heavy (non-hydrogen) atoms. The fraction of sp³-hybridized carbons (Fsp3) is 0.625. The van der Waals surface area contributed by atoms with Gasteiger partial charge in [0.05, 0.1) is 12.6 Å². The number of aromatic nitrogens is 4. The number of hydrogen-bond donors (Lipinski definition) is 5. The third-order valence-corrected chi connectivity index (χ3v) is 7.73. The number of nitrogen functional groups attached to an aromatic ring is 1. The monoisotopic (exact) mass is 411 g/mol. The first-order valence-corrected chi connectivity index (χ1v) is 10.8. The highest BCUT2D eigenvalue weighted by Crippen LogP contribution is 2.33. The van der Waals surface area contributed by atoms with Crippen LogP contribution in [-0.2, 0) is 20.4 Å². The molecular formula is C16H23N6O5S+. The smallest absolute Gasteiger partial charge is 0.320 e. The van der Waals surface area contributed by atoms with Gasteiger partial charge in [-0.3, -0.25) is 14.7 Å². The molecule has 0 aliphatic carbocycles. The number of imidazole rings is 1. The van der Waals surface area contributed by atoms with Crippen LogP contribution in [0.5, 0.6) is 0 Å². The number of aliphatic carboxylic acids is 1. The van der Waals surface area contributed by atoms with E-state index in [1.165, 1.54) is 12.7 Å². The van der Waals surface area contributed by atoms with Crippen molar-refractivity contribution in [3.05, 3.63) is 12.7 Å². The summed E-state index contributed by atoms with van der Waals surface area (Å²) in [5.74, 6) is -0.0949. The number of aliphatic hydroxyl groups is 2. The average Bonchev–Trinajstić information content (AvgIpc) is 3.37. The van der Waals surface area contributed by atoms with Crippen LogP contribution in [0.2, 0.25) is 0 Å². The fourth-order valence-electron chi connectivity index (χ4n) is 3.75. The second-order valence-electron chi connectivity index (χ2n) is 7.14. The first-order valence-electron chi connectivity index (χ1n) is 8.89. The van der Waals surface area contributed by atoms with E-state index in [1.54, 1.807) is 4.57 Å². The summed E-state index contributed by atoms with van der Waals surface area (Å²) in [5, 5.41) is 33.4. The quantitative estimate of drug-likeness (QED) is 0.350. The molecule has 2 fully saturated rings. The topological polar surface area (TPSA) is 169 Å². The first-order chi connectivity index (χ1) is 13.4. The van der Waals surface area contributed by atoms with E-state index in [4.69, 9.17) is 15.6 Å². The summed E-state index contributed by atoms with van der Waals surface area (Å²) >= 11 is 0. The number of fused-ring (bicyclic) bond motifs is 1. The molecule has 4 rings (SSSR count). The molecule has 11 nitrogen and oxygen atoms in total. The summed E-state index contributed by atoms with van der Waals surface area (Å²) in [6, 6.07) is -0.532. The van der Waals surface area contributed by atoms with E-state index in [1.807, 2.05) is 6.26 Å². The molecule has 2 unspecified atom stereocenters. The van der Waals surface area contributed by atoms with E-state index in [9.17, 15) is 15.0 Å². The van der Waals surface area contributed by atoms with Gasteiger partial charge in [-0.25, -0.2) is 15.0 Å². The maximum Gasteiger partial charge on any atom is 0.320 e. The number of anilines is 1. The van der Waals surface area contributed by atoms with Gasteiger partial charge < -0.3 is 25.8 Å². The lowest BCUT2D eigenvalue weighted by atomic mass is 10.1. The van der Waals surface area contributed by atoms with E-state index in [0.29, 0.717) is 29.9 Å². The summed E-state index contributed by atoms with van der Waals surface area (Å²) in [6.07, 6.45) is 1.71. The molecule has 2 aliphatic heterocycles. The number of carboxylic acid groups (broad SMARTS) is 1. The molecule has 4 heterocycles. The van der Waals surface area contributed by atoms with Crippen molar-refractivity contribution < 1.29 is 24.9 Å². The highest BCUT2D eigenvalue weighted by atomic mass is 32.2. The van der Waals surface area contributed by atoms with Crippen LogP contribution < -0.4 is 11.1 Å². The summed E-state index contributed by atoms with van der Waals surface area (Å²) in [7, 11) is -0.193. The summed E-state index contributed by atoms with van der Waals surface area (Å²) in [6.45, 7) is 0.619. The van der Waals surface area contributed by atoms with Crippen LogP contribution in [0.3, 0.4) is 0 Å². The van der Waals surface area contributed by atoms with Gasteiger partial charge in [-0.1, -0.05) is 0 Å². The Morgan fingerprint density at radius 2 is 2.18 bits per heavy atom. The van der Waals surface area contributed by atoms with Gasteiger partial charge in [0.15, 0.2) is 17.7 Å². The van der Waals surface area contributed by atoms with E-state index < -0.39 is 36.6 Å². The zero-order valence-corrected chi connectivity index (χ0v) is 16.0. The normalized spacial score (nSPS) is 34.1. The van der Waals surface area contributed by atoms with E-state index >= 15 is 0 Å². The molecule has 0 aromatic carbocycles. The van der Waals surface area contributed by atoms with Crippen molar-refractivity contribution in [3.63, 3.8) is 0 Å². The third-order valence-electron chi connectivity index (χ3n) is 5.38. The fourth-order valence-corrected chi connectivity index (χ4v) is 5.71. The summed E-state index contributed by atoms with van der Waals surface area (Å²) < 4.78 is 7.52. The Hall–Kier alpha value is -1.99. The average molecular weight is 411 g/mol. The van der Waals surface area contributed by atoms with Gasteiger partial charge in [0.2, 0.25) is 0 Å². The Morgan fingerprint density at radius 1 is 1.39 bits per heavy atom. The van der Waals surface area contributed by atoms with E-state index in [0.717, 1.165) is 0 Å². The van der Waals surface area contributed by atoms with Crippen LogP contribution >= 0.6 is 0 Å². The van der Waals surface area contributed by atoms with Crippen molar-refractivity contribution in [1.82, 2.24) is 24.8 Å². The van der Waals surface area contributed by atoms with Gasteiger partial charge in [-0.05, 0) is 10.9 Å². The molecule has 0 amide bonds. The first kappa shape index (κ1) is 19.3. The second kappa shape index (κ2) is 7.44. The molecule has 7 atom stereocenters. The lowest BCUT2D eigenvalue weighted by molar-refractivity contribution is -0.139. The van der Waals surface area contributed by atoms with Crippen LogP contribution in [-0.4, -0.2) is 89.0 Å². The molecule has 0 bridgehead atoms. The minimum Gasteiger partial charge on any atom is -0.480 e. The molecule has 6 N–H and O–H groups in total. The number of rotatable bonds is 5. The highest BCUT2D eigenvalue weighted by molar-refractivity contribution is 7.96. The molecule has 2 aromatic heterocycles. The number of nitrogens with zero attached hydrogens (tertiary/aromatic N) is 4. The lowest BCUT2D eigenvalue weighted by Gasteiger charge is -2.17. The van der Waals surface area contributed by atoms with Crippen LogP contribution in [0.1, 0.15) is 12.6 Å². The van der Waals surface area contributed by atoms with Gasteiger partial charge in [0, 0.05) is 13.0 Å². The SMILES string of the molecule is C[S+](C[C@H]1O[C@@H](n2cnc3c(N)ncnc32)[C@H](O)[C@@H]1O)C1CN[C@H](C(=O)O)C1. The van der Waals surface area contributed by atoms with Gasteiger partial charge in [-0.15, -0.1) is 0 Å². The largest absolute Gasteiger partial charge is 0.480 e. The second-order valence-corrected chi connectivity index (χ2v) is 9.53. The Kier molecular flexibility index (Phi) is 5.14. The maximum atomic E-state index is 11.1. The van der Waals surface area contributed by atoms with Gasteiger partial charge >= 0.3 is 5.97 Å². The van der Waals surface area contributed by atoms with Crippen molar-refractivity contribution in [2.45, 2.75) is 42.3 Å². The molecule has 2 aromatic rings. The Bertz CT molecular complexity index is 880. The van der Waals surface area contributed by atoms with Crippen LogP contribution in [0.25, 0.3) is 11.2 Å². The maximum absolute atomic E-state index is 11.1. The van der Waals surface area contributed by atoms with Crippen molar-refractivity contribution in [2.24, 2.45) is 0 Å². The number of hydrogen-bond acceptors (Lipinski definition) is 9. The minimum absolute atomic E-state index is 0.190. The number of nitrogens with two attached hydrogens (primary N) is 1. The number of ether oxygens (including phenoxy) is 1. The van der Waals surface area contributed by atoms with Gasteiger partial charge in [0.1, 0.15) is 47.2 Å². The zero-order chi connectivity index (χ0) is 20.0. The highest BCUT2D eigenvalue weighted by Gasteiger charge is 2.48. The molecule has 12 heteroatoms. The van der Waals surface area contributed by atoms with Gasteiger partial charge in [0.25, 0.3) is 0 Å². The van der Waals surface area contributed by atoms with Crippen molar-refractivity contribution in [3.8, 4) is 0 Å². The number of carbonyl (C=O) groups is 1. The lowest BCUT2D eigenvalue weighted by Crippen LogP contribution is -2.38. The van der Waals surface area contributed by atoms with E-state index in [-0.39, 0.29) is 22.0 Å². The minimum atomic E-state index is -1.15. The Labute approximate surface area is 163 Å². The molecule has 0 spiro atoms. The summed E-state index contributed by atoms with van der Waals surface area (Å²) in [4.78, 5) is 23.3. The Balaban J connectivity index is 1.47. The molecule has 0 saturated carbocycles. The van der Waals surface area contributed by atoms with E-state index in [2.05, 4.69) is 20.3 Å². The van der Waals surface area contributed by atoms with Crippen molar-refractivity contribution in [1.29, 1.82) is 0 Å². The zero-order valence-electron chi connectivity index (χ0n) is 15.2. The van der Waals surface area contributed by atoms with Crippen LogP contribution in [0.15, 0.2) is 12.7 Å².